The zero-order valence-electron chi connectivity index (χ0n) is 18.4. The first-order valence-corrected chi connectivity index (χ1v) is 10.5. The van der Waals surface area contributed by atoms with Crippen LogP contribution < -0.4 is 15.8 Å². The Bertz CT molecular complexity index is 1310. The largest absolute Gasteiger partial charge is 0.497 e. The Morgan fingerprint density at radius 2 is 1.94 bits per heavy atom. The summed E-state index contributed by atoms with van der Waals surface area (Å²) in [4.78, 5) is 22.4. The van der Waals surface area contributed by atoms with Gasteiger partial charge >= 0.3 is 0 Å². The topological polar surface area (TPSA) is 107 Å². The molecule has 1 amide bonds. The molecule has 4 aromatic rings. The Labute approximate surface area is 186 Å². The van der Waals surface area contributed by atoms with Gasteiger partial charge in [0.25, 0.3) is 5.91 Å². The molecule has 0 saturated heterocycles. The Morgan fingerprint density at radius 3 is 2.66 bits per heavy atom. The number of amides is 1. The highest BCUT2D eigenvalue weighted by Crippen LogP contribution is 2.28. The Kier molecular flexibility index (Phi) is 6.02. The highest BCUT2D eigenvalue weighted by atomic mass is 16.5. The van der Waals surface area contributed by atoms with E-state index in [2.05, 4.69) is 29.2 Å². The van der Waals surface area contributed by atoms with Gasteiger partial charge in [0.15, 0.2) is 5.65 Å². The van der Waals surface area contributed by atoms with E-state index in [-0.39, 0.29) is 17.3 Å². The number of hydrogen-bond acceptors (Lipinski definition) is 6. The number of nitrogens with two attached hydrogens (primary N) is 1. The lowest BCUT2D eigenvalue weighted by Gasteiger charge is -2.07. The summed E-state index contributed by atoms with van der Waals surface area (Å²) >= 11 is 0. The van der Waals surface area contributed by atoms with Crippen molar-refractivity contribution in [1.29, 1.82) is 0 Å². The van der Waals surface area contributed by atoms with Crippen LogP contribution in [-0.2, 0) is 0 Å². The fourth-order valence-corrected chi connectivity index (χ4v) is 3.40. The van der Waals surface area contributed by atoms with Crippen molar-refractivity contribution < 1.29 is 9.53 Å². The maximum Gasteiger partial charge on any atom is 0.257 e. The molecule has 2 aromatic heterocycles. The second-order valence-corrected chi connectivity index (χ2v) is 7.92. The molecular formula is C24H26N6O2. The predicted molar refractivity (Wildman–Crippen MR) is 127 cm³/mol. The summed E-state index contributed by atoms with van der Waals surface area (Å²) in [6.45, 7) is 4.77. The zero-order valence-corrected chi connectivity index (χ0v) is 18.4. The van der Waals surface area contributed by atoms with Crippen LogP contribution in [0, 0.1) is 5.92 Å². The molecule has 0 aliphatic carbocycles. The number of rotatable bonds is 7. The van der Waals surface area contributed by atoms with Gasteiger partial charge in [0.1, 0.15) is 22.6 Å². The Balaban J connectivity index is 1.82. The Hall–Kier alpha value is -3.94. The van der Waals surface area contributed by atoms with Crippen molar-refractivity contribution in [3.63, 3.8) is 0 Å². The fraction of sp³-hybridized carbons (Fsp3) is 0.250. The van der Waals surface area contributed by atoms with Gasteiger partial charge in [-0.3, -0.25) is 4.79 Å². The van der Waals surface area contributed by atoms with E-state index >= 15 is 0 Å². The summed E-state index contributed by atoms with van der Waals surface area (Å²) in [6.07, 6.45) is 2.52. The maximum atomic E-state index is 13.0. The molecule has 0 saturated carbocycles. The predicted octanol–water partition coefficient (Wildman–Crippen LogP) is 3.83. The molecule has 8 nitrogen and oxygen atoms in total. The van der Waals surface area contributed by atoms with Gasteiger partial charge in [0, 0.05) is 6.54 Å². The summed E-state index contributed by atoms with van der Waals surface area (Å²) in [5, 5.41) is 7.47. The van der Waals surface area contributed by atoms with Crippen molar-refractivity contribution >= 4 is 40.1 Å². The van der Waals surface area contributed by atoms with Crippen molar-refractivity contribution in [2.75, 3.05) is 19.4 Å². The normalized spacial score (nSPS) is 11.6. The van der Waals surface area contributed by atoms with Gasteiger partial charge in [0.05, 0.1) is 24.4 Å². The Morgan fingerprint density at radius 1 is 1.19 bits per heavy atom. The number of para-hydroxylation sites is 2. The van der Waals surface area contributed by atoms with Crippen LogP contribution >= 0.6 is 0 Å². The smallest absolute Gasteiger partial charge is 0.257 e. The monoisotopic (exact) mass is 430 g/mol. The third kappa shape index (κ3) is 4.25. The first-order chi connectivity index (χ1) is 15.5. The van der Waals surface area contributed by atoms with Crippen LogP contribution in [0.1, 0.15) is 36.2 Å². The number of nitrogen functional groups attached to an aromatic ring is 1. The minimum absolute atomic E-state index is 0.191. The molecule has 164 valence electrons. The van der Waals surface area contributed by atoms with Gasteiger partial charge in [-0.15, -0.1) is 0 Å². The molecule has 0 aliphatic heterocycles. The minimum Gasteiger partial charge on any atom is -0.497 e. The first kappa shape index (κ1) is 21.3. The van der Waals surface area contributed by atoms with Crippen molar-refractivity contribution in [2.24, 2.45) is 11.0 Å². The van der Waals surface area contributed by atoms with E-state index in [4.69, 9.17) is 15.5 Å². The second-order valence-electron chi connectivity index (χ2n) is 7.92. The summed E-state index contributed by atoms with van der Waals surface area (Å²) in [5.74, 6) is 1.10. The number of anilines is 1. The fourth-order valence-electron chi connectivity index (χ4n) is 3.40. The van der Waals surface area contributed by atoms with E-state index in [0.717, 1.165) is 17.7 Å². The lowest BCUT2D eigenvalue weighted by atomic mass is 10.1. The van der Waals surface area contributed by atoms with Crippen molar-refractivity contribution in [3.05, 3.63) is 59.7 Å². The SMILES string of the molecule is COc1cccc(/C=N/n2c(N)c(C(=O)NCCC(C)C)c3nc4ccccc4nc32)c1. The summed E-state index contributed by atoms with van der Waals surface area (Å²) in [5.41, 5.74) is 9.75. The summed E-state index contributed by atoms with van der Waals surface area (Å²) < 4.78 is 6.73. The van der Waals surface area contributed by atoms with Gasteiger partial charge in [-0.05, 0) is 42.2 Å². The van der Waals surface area contributed by atoms with Gasteiger partial charge < -0.3 is 15.8 Å². The third-order valence-corrected chi connectivity index (χ3v) is 5.12. The lowest BCUT2D eigenvalue weighted by Crippen LogP contribution is -2.26. The van der Waals surface area contributed by atoms with Crippen LogP contribution in [0.25, 0.3) is 22.2 Å². The quantitative estimate of drug-likeness (QED) is 0.433. The number of nitrogens with one attached hydrogen (secondary N) is 1. The number of nitrogens with zero attached hydrogens (tertiary/aromatic N) is 4. The summed E-state index contributed by atoms with van der Waals surface area (Å²) in [6, 6.07) is 15.0. The van der Waals surface area contributed by atoms with Crippen molar-refractivity contribution in [2.45, 2.75) is 20.3 Å². The van der Waals surface area contributed by atoms with Crippen LogP contribution in [0.4, 0.5) is 5.82 Å². The van der Waals surface area contributed by atoms with Crippen LogP contribution in [0.2, 0.25) is 0 Å². The molecular weight excluding hydrogens is 404 g/mol. The van der Waals surface area contributed by atoms with Crippen LogP contribution in [0.15, 0.2) is 53.6 Å². The molecule has 3 N–H and O–H groups in total. The number of benzene rings is 2. The van der Waals surface area contributed by atoms with E-state index in [1.54, 1.807) is 13.3 Å². The molecule has 32 heavy (non-hydrogen) atoms. The first-order valence-electron chi connectivity index (χ1n) is 10.5. The average Bonchev–Trinajstić information content (AvgIpc) is 3.06. The third-order valence-electron chi connectivity index (χ3n) is 5.12. The van der Waals surface area contributed by atoms with E-state index in [0.29, 0.717) is 34.7 Å². The average molecular weight is 431 g/mol. The number of carbonyl (C=O) groups excluding carboxylic acids is 1. The molecule has 8 heteroatoms. The maximum absolute atomic E-state index is 13.0. The molecule has 0 radical (unpaired) electrons. The number of aromatic nitrogens is 3. The molecule has 4 rings (SSSR count). The van der Waals surface area contributed by atoms with Gasteiger partial charge in [-0.2, -0.15) is 9.78 Å². The van der Waals surface area contributed by atoms with Crippen molar-refractivity contribution in [1.82, 2.24) is 20.0 Å². The summed E-state index contributed by atoms with van der Waals surface area (Å²) in [7, 11) is 1.61. The zero-order chi connectivity index (χ0) is 22.7. The van der Waals surface area contributed by atoms with E-state index in [1.807, 2.05) is 48.5 Å². The van der Waals surface area contributed by atoms with Gasteiger partial charge in [-0.25, -0.2) is 9.97 Å². The number of ether oxygens (including phenoxy) is 1. The molecule has 2 heterocycles. The second kappa shape index (κ2) is 9.05. The molecule has 0 unspecified atom stereocenters. The van der Waals surface area contributed by atoms with Crippen LogP contribution in [0.5, 0.6) is 5.75 Å². The molecule has 0 spiro atoms. The number of fused-ring (bicyclic) bond motifs is 2. The van der Waals surface area contributed by atoms with Gasteiger partial charge in [-0.1, -0.05) is 38.1 Å². The standard InChI is InChI=1S/C24H26N6O2/c1-15(2)11-12-26-24(31)20-21-23(29-19-10-5-4-9-18(19)28-21)30(22(20)25)27-14-16-7-6-8-17(13-16)32-3/h4-10,13-15H,11-12,25H2,1-3H3,(H,26,31)/b27-14+. The molecule has 0 aliphatic rings. The highest BCUT2D eigenvalue weighted by Gasteiger charge is 2.23. The van der Waals surface area contributed by atoms with Crippen molar-refractivity contribution in [3.8, 4) is 5.75 Å². The van der Waals surface area contributed by atoms with Crippen LogP contribution in [-0.4, -0.2) is 40.4 Å². The number of hydrogen-bond donors (Lipinski definition) is 2. The van der Waals surface area contributed by atoms with E-state index in [9.17, 15) is 4.79 Å². The number of methoxy groups -OCH3 is 1. The molecule has 2 aromatic carbocycles. The highest BCUT2D eigenvalue weighted by molar-refractivity contribution is 6.10. The number of carbonyl (C=O) groups is 1. The lowest BCUT2D eigenvalue weighted by molar-refractivity contribution is 0.0954. The van der Waals surface area contributed by atoms with Crippen LogP contribution in [0.3, 0.4) is 0 Å². The molecule has 0 fully saturated rings. The molecule has 0 atom stereocenters. The van der Waals surface area contributed by atoms with E-state index < -0.39 is 0 Å². The van der Waals surface area contributed by atoms with Gasteiger partial charge in [0.2, 0.25) is 0 Å². The molecule has 0 bridgehead atoms. The minimum atomic E-state index is -0.284. The van der Waals surface area contributed by atoms with E-state index in [1.165, 1.54) is 4.68 Å².